The summed E-state index contributed by atoms with van der Waals surface area (Å²) < 4.78 is 1.79. The molecule has 1 unspecified atom stereocenters. The SMILES string of the molecule is Cc1ccc(-n2nccn2)c(C(=O)N(C)C(CCNC(=O)c2cccn2C)Cc2ccccc2)c1. The van der Waals surface area contributed by atoms with Gasteiger partial charge < -0.3 is 14.8 Å². The van der Waals surface area contributed by atoms with E-state index in [4.69, 9.17) is 0 Å². The number of rotatable bonds is 9. The lowest BCUT2D eigenvalue weighted by Crippen LogP contribution is -2.41. The van der Waals surface area contributed by atoms with Gasteiger partial charge in [0.1, 0.15) is 5.69 Å². The summed E-state index contributed by atoms with van der Waals surface area (Å²) in [5.41, 5.74) is 3.88. The minimum absolute atomic E-state index is 0.115. The van der Waals surface area contributed by atoms with Gasteiger partial charge in [0.25, 0.3) is 11.8 Å². The lowest BCUT2D eigenvalue weighted by atomic mass is 10.0. The summed E-state index contributed by atoms with van der Waals surface area (Å²) in [4.78, 5) is 29.5. The van der Waals surface area contributed by atoms with Crippen LogP contribution in [-0.4, -0.2) is 55.9 Å². The van der Waals surface area contributed by atoms with Crippen LogP contribution < -0.4 is 5.32 Å². The van der Waals surface area contributed by atoms with Gasteiger partial charge in [-0.05, 0) is 49.6 Å². The van der Waals surface area contributed by atoms with Crippen LogP contribution in [0.15, 0.2) is 79.3 Å². The van der Waals surface area contributed by atoms with Crippen LogP contribution in [0.2, 0.25) is 0 Å². The number of nitrogens with one attached hydrogen (secondary N) is 1. The number of hydrogen-bond acceptors (Lipinski definition) is 4. The van der Waals surface area contributed by atoms with Gasteiger partial charge in [-0.1, -0.05) is 42.0 Å². The highest BCUT2D eigenvalue weighted by atomic mass is 16.2. The number of aromatic nitrogens is 4. The largest absolute Gasteiger partial charge is 0.351 e. The number of carbonyl (C=O) groups is 2. The molecule has 0 aliphatic carbocycles. The molecule has 4 aromatic rings. The number of amides is 2. The van der Waals surface area contributed by atoms with E-state index in [0.29, 0.717) is 36.3 Å². The normalized spacial score (nSPS) is 11.7. The molecule has 35 heavy (non-hydrogen) atoms. The molecule has 1 N–H and O–H groups in total. The van der Waals surface area contributed by atoms with Crippen LogP contribution in [0.25, 0.3) is 5.69 Å². The molecule has 0 saturated carbocycles. The second-order valence-electron chi connectivity index (χ2n) is 8.65. The second-order valence-corrected chi connectivity index (χ2v) is 8.65. The molecule has 8 nitrogen and oxygen atoms in total. The molecule has 2 heterocycles. The maximum atomic E-state index is 13.7. The van der Waals surface area contributed by atoms with Crippen molar-refractivity contribution < 1.29 is 9.59 Å². The zero-order chi connectivity index (χ0) is 24.8. The summed E-state index contributed by atoms with van der Waals surface area (Å²) in [6.07, 6.45) is 6.29. The molecule has 0 saturated heterocycles. The number of nitrogens with zero attached hydrogens (tertiary/aromatic N) is 5. The van der Waals surface area contributed by atoms with Gasteiger partial charge in [-0.2, -0.15) is 15.0 Å². The van der Waals surface area contributed by atoms with Gasteiger partial charge in [0.05, 0.1) is 23.6 Å². The Morgan fingerprint density at radius 2 is 1.77 bits per heavy atom. The van der Waals surface area contributed by atoms with E-state index >= 15 is 0 Å². The van der Waals surface area contributed by atoms with E-state index in [-0.39, 0.29) is 17.9 Å². The molecule has 0 fully saturated rings. The van der Waals surface area contributed by atoms with Crippen molar-refractivity contribution in [3.63, 3.8) is 0 Å². The van der Waals surface area contributed by atoms with E-state index in [1.165, 1.54) is 4.80 Å². The molecule has 0 aliphatic rings. The number of benzene rings is 2. The summed E-state index contributed by atoms with van der Waals surface area (Å²) in [5.74, 6) is -0.244. The Hall–Kier alpha value is -4.20. The van der Waals surface area contributed by atoms with E-state index in [1.807, 2.05) is 69.7 Å². The van der Waals surface area contributed by atoms with Crippen molar-refractivity contribution in [2.45, 2.75) is 25.8 Å². The first kappa shape index (κ1) is 23.9. The molecule has 2 aromatic carbocycles. The quantitative estimate of drug-likeness (QED) is 0.406. The first-order valence-corrected chi connectivity index (χ1v) is 11.6. The summed E-state index contributed by atoms with van der Waals surface area (Å²) in [7, 11) is 3.66. The molecule has 180 valence electrons. The predicted molar refractivity (Wildman–Crippen MR) is 134 cm³/mol. The van der Waals surface area contributed by atoms with Crippen molar-refractivity contribution in [1.29, 1.82) is 0 Å². The zero-order valence-electron chi connectivity index (χ0n) is 20.3. The average Bonchev–Trinajstić information content (AvgIpc) is 3.55. The zero-order valence-corrected chi connectivity index (χ0v) is 20.3. The minimum atomic E-state index is -0.129. The average molecular weight is 471 g/mol. The Morgan fingerprint density at radius 1 is 1.03 bits per heavy atom. The van der Waals surface area contributed by atoms with E-state index in [2.05, 4.69) is 27.6 Å². The third kappa shape index (κ3) is 5.66. The molecule has 2 aromatic heterocycles. The lowest BCUT2D eigenvalue weighted by Gasteiger charge is -2.29. The molecule has 1 atom stereocenters. The van der Waals surface area contributed by atoms with Crippen LogP contribution in [0.4, 0.5) is 0 Å². The van der Waals surface area contributed by atoms with Crippen LogP contribution in [0.5, 0.6) is 0 Å². The Morgan fingerprint density at radius 3 is 2.46 bits per heavy atom. The molecule has 0 bridgehead atoms. The van der Waals surface area contributed by atoms with Crippen molar-refractivity contribution in [2.75, 3.05) is 13.6 Å². The predicted octanol–water partition coefficient (Wildman–Crippen LogP) is 3.42. The molecule has 4 rings (SSSR count). The maximum Gasteiger partial charge on any atom is 0.267 e. The van der Waals surface area contributed by atoms with Crippen LogP contribution in [-0.2, 0) is 13.5 Å². The standard InChI is InChI=1S/C27H30N6O2/c1-20-11-12-24(33-29-15-16-30-33)23(18-20)27(35)32(3)22(19-21-8-5-4-6-9-21)13-14-28-26(34)25-10-7-17-31(25)2/h4-12,15-18,22H,13-14,19H2,1-3H3,(H,28,34). The topological polar surface area (TPSA) is 85.1 Å². The Labute approximate surface area is 205 Å². The third-order valence-electron chi connectivity index (χ3n) is 6.14. The van der Waals surface area contributed by atoms with Crippen molar-refractivity contribution >= 4 is 11.8 Å². The van der Waals surface area contributed by atoms with Crippen molar-refractivity contribution in [3.05, 3.63) is 102 Å². The molecule has 2 amide bonds. The molecular weight excluding hydrogens is 440 g/mol. The monoisotopic (exact) mass is 470 g/mol. The second kappa shape index (κ2) is 10.8. The van der Waals surface area contributed by atoms with Gasteiger partial charge in [0.15, 0.2) is 0 Å². The summed E-state index contributed by atoms with van der Waals surface area (Å²) in [6.45, 7) is 2.40. The first-order valence-electron chi connectivity index (χ1n) is 11.6. The van der Waals surface area contributed by atoms with Gasteiger partial charge in [0.2, 0.25) is 0 Å². The number of hydrogen-bond donors (Lipinski definition) is 1. The van der Waals surface area contributed by atoms with Crippen molar-refractivity contribution in [1.82, 2.24) is 29.8 Å². The fourth-order valence-corrected chi connectivity index (χ4v) is 4.15. The molecule has 0 aliphatic heterocycles. The van der Waals surface area contributed by atoms with E-state index < -0.39 is 0 Å². The van der Waals surface area contributed by atoms with Gasteiger partial charge in [0, 0.05) is 32.9 Å². The minimum Gasteiger partial charge on any atom is -0.351 e. The number of carbonyl (C=O) groups excluding carboxylic acids is 2. The Balaban J connectivity index is 1.55. The molecule has 8 heteroatoms. The van der Waals surface area contributed by atoms with E-state index in [9.17, 15) is 9.59 Å². The fraction of sp³-hybridized carbons (Fsp3) is 0.259. The number of aryl methyl sites for hydroxylation is 2. The highest BCUT2D eigenvalue weighted by Gasteiger charge is 2.25. The van der Waals surface area contributed by atoms with Gasteiger partial charge in [-0.3, -0.25) is 9.59 Å². The van der Waals surface area contributed by atoms with Crippen LogP contribution in [0.3, 0.4) is 0 Å². The van der Waals surface area contributed by atoms with Gasteiger partial charge >= 0.3 is 0 Å². The molecular formula is C27H30N6O2. The highest BCUT2D eigenvalue weighted by Crippen LogP contribution is 2.20. The summed E-state index contributed by atoms with van der Waals surface area (Å²) >= 11 is 0. The summed E-state index contributed by atoms with van der Waals surface area (Å²) in [5, 5.41) is 11.4. The first-order chi connectivity index (χ1) is 16.9. The van der Waals surface area contributed by atoms with E-state index in [0.717, 1.165) is 11.1 Å². The highest BCUT2D eigenvalue weighted by molar-refractivity contribution is 5.98. The van der Waals surface area contributed by atoms with Gasteiger partial charge in [-0.15, -0.1) is 0 Å². The van der Waals surface area contributed by atoms with Crippen molar-refractivity contribution in [2.24, 2.45) is 7.05 Å². The van der Waals surface area contributed by atoms with E-state index in [1.54, 1.807) is 27.9 Å². The number of likely N-dealkylation sites (N-methyl/N-ethyl adjacent to an activating group) is 1. The molecule has 0 spiro atoms. The van der Waals surface area contributed by atoms with Gasteiger partial charge in [-0.25, -0.2) is 0 Å². The fourth-order valence-electron chi connectivity index (χ4n) is 4.15. The maximum absolute atomic E-state index is 13.7. The Kier molecular flexibility index (Phi) is 7.40. The third-order valence-corrected chi connectivity index (χ3v) is 6.14. The van der Waals surface area contributed by atoms with Crippen LogP contribution in [0, 0.1) is 6.92 Å². The Bertz CT molecular complexity index is 1280. The van der Waals surface area contributed by atoms with Crippen molar-refractivity contribution in [3.8, 4) is 5.69 Å². The van der Waals surface area contributed by atoms with Crippen LogP contribution >= 0.6 is 0 Å². The lowest BCUT2D eigenvalue weighted by molar-refractivity contribution is 0.0722. The van der Waals surface area contributed by atoms with Crippen LogP contribution in [0.1, 0.15) is 38.4 Å². The molecule has 0 radical (unpaired) electrons. The smallest absolute Gasteiger partial charge is 0.267 e. The summed E-state index contributed by atoms with van der Waals surface area (Å²) in [6, 6.07) is 19.2.